The van der Waals surface area contributed by atoms with E-state index >= 15 is 0 Å². The summed E-state index contributed by atoms with van der Waals surface area (Å²) in [5, 5.41) is 50.1. The molecule has 1 rings (SSSR count). The Balaban J connectivity index is 2.46. The van der Waals surface area contributed by atoms with Crippen molar-refractivity contribution in [3.63, 3.8) is 0 Å². The number of hydrogen-bond acceptors (Lipinski definition) is 12. The predicted octanol–water partition coefficient (Wildman–Crippen LogP) is 8.67. The lowest BCUT2D eigenvalue weighted by Crippen LogP contribution is -2.64. The number of aliphatic hydroxyl groups is 5. The van der Waals surface area contributed by atoms with Crippen molar-refractivity contribution >= 4 is 19.8 Å². The van der Waals surface area contributed by atoms with E-state index in [0.717, 1.165) is 57.8 Å². The molecule has 0 amide bonds. The van der Waals surface area contributed by atoms with Gasteiger partial charge >= 0.3 is 19.8 Å². The maximum Gasteiger partial charge on any atom is 0.472 e. The minimum absolute atomic E-state index is 0.0906. The van der Waals surface area contributed by atoms with Crippen LogP contribution >= 0.6 is 7.82 Å². The highest BCUT2D eigenvalue weighted by atomic mass is 31.2. The Hall–Kier alpha value is -1.41. The maximum atomic E-state index is 12.8. The van der Waals surface area contributed by atoms with E-state index in [1.807, 2.05) is 0 Å². The van der Waals surface area contributed by atoms with Crippen molar-refractivity contribution in [2.24, 2.45) is 0 Å². The van der Waals surface area contributed by atoms with Crippen LogP contribution in [0.5, 0.6) is 0 Å². The van der Waals surface area contributed by atoms with Crippen molar-refractivity contribution in [2.75, 3.05) is 13.2 Å². The number of phosphoric acid groups is 1. The van der Waals surface area contributed by atoms with Crippen molar-refractivity contribution in [1.29, 1.82) is 0 Å². The zero-order valence-electron chi connectivity index (χ0n) is 36.1. The summed E-state index contributed by atoms with van der Waals surface area (Å²) < 4.78 is 33.5. The SMILES string of the molecule is CCCCCCC/C=C\CCCCCCCC(=O)OC(COC(=O)CCCCCCCCCCCCCCCCC)COP(=O)(O)OC1C(O)C(O)C(O)C(O)C1O. The fourth-order valence-electron chi connectivity index (χ4n) is 7.11. The molecule has 14 heteroatoms. The van der Waals surface area contributed by atoms with Gasteiger partial charge in [-0.2, -0.15) is 0 Å². The third-order valence-corrected chi connectivity index (χ3v) is 11.8. The van der Waals surface area contributed by atoms with Crippen LogP contribution in [0.3, 0.4) is 0 Å². The van der Waals surface area contributed by atoms with E-state index in [-0.39, 0.29) is 12.8 Å². The third-order valence-electron chi connectivity index (χ3n) is 10.9. The number of esters is 2. The minimum Gasteiger partial charge on any atom is -0.462 e. The Bertz CT molecular complexity index is 1080. The van der Waals surface area contributed by atoms with Crippen molar-refractivity contribution < 1.29 is 63.1 Å². The van der Waals surface area contributed by atoms with E-state index in [1.54, 1.807) is 0 Å². The number of ether oxygens (including phenoxy) is 2. The van der Waals surface area contributed by atoms with Crippen LogP contribution in [-0.4, -0.2) is 98.3 Å². The van der Waals surface area contributed by atoms with Crippen LogP contribution in [0, 0.1) is 0 Å². The average Bonchev–Trinajstić information content (AvgIpc) is 3.20. The molecule has 6 N–H and O–H groups in total. The standard InChI is InChI=1S/C44H83O13P/c1-3-5-7-9-11-13-15-17-19-21-22-24-26-28-30-32-37(45)54-34-36(35-55-58(52,53)57-44-42(50)40(48)39(47)41(49)43(44)51)56-38(46)33-31-29-27-25-23-20-18-16-14-12-10-8-6-4-2/h16,18,36,39-44,47-51H,3-15,17,19-35H2,1-2H3,(H,52,53)/b18-16-. The molecule has 0 spiro atoms. The van der Waals surface area contributed by atoms with Crippen LogP contribution in [-0.2, 0) is 32.7 Å². The third kappa shape index (κ3) is 27.4. The van der Waals surface area contributed by atoms with Gasteiger partial charge in [0, 0.05) is 12.8 Å². The number of phosphoric ester groups is 1. The molecule has 1 fully saturated rings. The zero-order chi connectivity index (χ0) is 42.9. The van der Waals surface area contributed by atoms with Crippen LogP contribution in [0.4, 0.5) is 0 Å². The molecule has 1 aliphatic carbocycles. The van der Waals surface area contributed by atoms with Crippen LogP contribution in [0.15, 0.2) is 12.2 Å². The monoisotopic (exact) mass is 851 g/mol. The number of allylic oxidation sites excluding steroid dienone is 2. The zero-order valence-corrected chi connectivity index (χ0v) is 37.0. The van der Waals surface area contributed by atoms with Crippen LogP contribution in [0.1, 0.15) is 200 Å². The van der Waals surface area contributed by atoms with E-state index in [1.165, 1.54) is 103 Å². The number of rotatable bonds is 38. The number of hydrogen-bond donors (Lipinski definition) is 6. The van der Waals surface area contributed by atoms with Crippen LogP contribution in [0.25, 0.3) is 0 Å². The van der Waals surface area contributed by atoms with E-state index < -0.39 is 75.7 Å². The normalized spacial score (nSPS) is 22.6. The van der Waals surface area contributed by atoms with Crippen molar-refractivity contribution in [3.8, 4) is 0 Å². The van der Waals surface area contributed by atoms with Gasteiger partial charge in [-0.05, 0) is 38.5 Å². The lowest BCUT2D eigenvalue weighted by atomic mass is 9.85. The molecule has 0 radical (unpaired) electrons. The molecule has 13 nitrogen and oxygen atoms in total. The summed E-state index contributed by atoms with van der Waals surface area (Å²) in [6.07, 6.45) is 22.7. The van der Waals surface area contributed by atoms with Gasteiger partial charge in [0.25, 0.3) is 0 Å². The second kappa shape index (κ2) is 35.2. The molecule has 1 saturated carbocycles. The quantitative estimate of drug-likeness (QED) is 0.0149. The van der Waals surface area contributed by atoms with Gasteiger partial charge < -0.3 is 39.9 Å². The summed E-state index contributed by atoms with van der Waals surface area (Å²) in [6, 6.07) is 0. The predicted molar refractivity (Wildman–Crippen MR) is 226 cm³/mol. The molecule has 6 atom stereocenters. The molecule has 0 aromatic carbocycles. The molecular formula is C44H83O13P. The summed E-state index contributed by atoms with van der Waals surface area (Å²) in [5.41, 5.74) is 0. The maximum absolute atomic E-state index is 12.8. The highest BCUT2D eigenvalue weighted by Crippen LogP contribution is 2.47. The van der Waals surface area contributed by atoms with Gasteiger partial charge in [-0.15, -0.1) is 0 Å². The largest absolute Gasteiger partial charge is 0.472 e. The highest BCUT2D eigenvalue weighted by molar-refractivity contribution is 7.47. The lowest BCUT2D eigenvalue weighted by molar-refractivity contribution is -0.220. The van der Waals surface area contributed by atoms with Crippen molar-refractivity contribution in [1.82, 2.24) is 0 Å². The second-order valence-corrected chi connectivity index (χ2v) is 17.7. The first-order valence-electron chi connectivity index (χ1n) is 23.0. The van der Waals surface area contributed by atoms with E-state index in [9.17, 15) is 44.6 Å². The molecule has 0 aromatic rings. The van der Waals surface area contributed by atoms with Gasteiger partial charge in [-0.3, -0.25) is 18.6 Å². The number of unbranched alkanes of at least 4 members (excludes halogenated alkanes) is 24. The minimum atomic E-state index is -5.11. The van der Waals surface area contributed by atoms with Gasteiger partial charge in [0.1, 0.15) is 43.2 Å². The van der Waals surface area contributed by atoms with Gasteiger partial charge in [0.05, 0.1) is 6.61 Å². The summed E-state index contributed by atoms with van der Waals surface area (Å²) >= 11 is 0. The Morgan fingerprint density at radius 2 is 0.879 bits per heavy atom. The molecule has 0 aromatic heterocycles. The number of aliphatic hydroxyl groups excluding tert-OH is 5. The summed E-state index contributed by atoms with van der Waals surface area (Å²) in [5.74, 6) is -1.10. The summed E-state index contributed by atoms with van der Waals surface area (Å²) in [7, 11) is -5.11. The van der Waals surface area contributed by atoms with Gasteiger partial charge in [-0.25, -0.2) is 4.57 Å². The van der Waals surface area contributed by atoms with Gasteiger partial charge in [0.15, 0.2) is 6.10 Å². The second-order valence-electron chi connectivity index (χ2n) is 16.3. The highest BCUT2D eigenvalue weighted by Gasteiger charge is 2.51. The molecule has 1 aliphatic rings. The van der Waals surface area contributed by atoms with Crippen molar-refractivity contribution in [2.45, 2.75) is 243 Å². The first-order valence-corrected chi connectivity index (χ1v) is 24.5. The number of carbonyl (C=O) groups excluding carboxylic acids is 2. The number of carbonyl (C=O) groups is 2. The van der Waals surface area contributed by atoms with Gasteiger partial charge in [-0.1, -0.05) is 161 Å². The molecule has 0 heterocycles. The molecular weight excluding hydrogens is 767 g/mol. The fraction of sp³-hybridized carbons (Fsp3) is 0.909. The van der Waals surface area contributed by atoms with Crippen LogP contribution in [0.2, 0.25) is 0 Å². The Kier molecular flexibility index (Phi) is 33.2. The topological polar surface area (TPSA) is 210 Å². The lowest BCUT2D eigenvalue weighted by Gasteiger charge is -2.41. The van der Waals surface area contributed by atoms with Crippen LogP contribution < -0.4 is 0 Å². The Labute approximate surface area is 350 Å². The Morgan fingerprint density at radius 1 is 0.517 bits per heavy atom. The molecule has 342 valence electrons. The summed E-state index contributed by atoms with van der Waals surface area (Å²) in [6.45, 7) is 3.29. The first kappa shape index (κ1) is 54.6. The first-order chi connectivity index (χ1) is 27.9. The molecule has 0 saturated heterocycles. The summed E-state index contributed by atoms with van der Waals surface area (Å²) in [4.78, 5) is 35.6. The van der Waals surface area contributed by atoms with Crippen molar-refractivity contribution in [3.05, 3.63) is 12.2 Å². The smallest absolute Gasteiger partial charge is 0.462 e. The average molecular weight is 851 g/mol. The molecule has 6 unspecified atom stereocenters. The van der Waals surface area contributed by atoms with E-state index in [2.05, 4.69) is 26.0 Å². The Morgan fingerprint density at radius 3 is 1.31 bits per heavy atom. The van der Waals surface area contributed by atoms with E-state index in [4.69, 9.17) is 18.5 Å². The molecule has 0 bridgehead atoms. The fourth-order valence-corrected chi connectivity index (χ4v) is 8.08. The molecule has 0 aliphatic heterocycles. The molecule has 58 heavy (non-hydrogen) atoms. The van der Waals surface area contributed by atoms with E-state index in [0.29, 0.717) is 12.8 Å². The van der Waals surface area contributed by atoms with Gasteiger partial charge in [0.2, 0.25) is 0 Å².